The maximum Gasteiger partial charge on any atom is 0.266 e. The summed E-state index contributed by atoms with van der Waals surface area (Å²) in [6.45, 7) is 1.08. The summed E-state index contributed by atoms with van der Waals surface area (Å²) in [6, 6.07) is 20.8. The molecule has 3 aromatic carbocycles. The van der Waals surface area contributed by atoms with Gasteiger partial charge in [-0.15, -0.1) is 0 Å². The van der Waals surface area contributed by atoms with Gasteiger partial charge in [-0.2, -0.15) is 0 Å². The van der Waals surface area contributed by atoms with Crippen molar-refractivity contribution in [3.05, 3.63) is 94.8 Å². The van der Waals surface area contributed by atoms with Crippen molar-refractivity contribution in [2.24, 2.45) is 11.7 Å². The Labute approximate surface area is 266 Å². The van der Waals surface area contributed by atoms with E-state index in [4.69, 9.17) is 31.2 Å². The van der Waals surface area contributed by atoms with Crippen LogP contribution in [0.2, 0.25) is 5.02 Å². The number of amides is 2. The first kappa shape index (κ1) is 32.2. The van der Waals surface area contributed by atoms with Gasteiger partial charge in [-0.25, -0.2) is 4.98 Å². The molecule has 236 valence electrons. The first-order chi connectivity index (χ1) is 21.8. The highest BCUT2D eigenvalue weighted by Crippen LogP contribution is 2.25. The number of carbonyl (C=O) groups is 3. The molecule has 0 aliphatic carbocycles. The Hall–Kier alpha value is -4.25. The van der Waals surface area contributed by atoms with Crippen LogP contribution in [0.5, 0.6) is 5.75 Å². The standard InChI is InChI=1S/C34H37ClN4O6/c1-43-25-15-11-22(12-16-25)18-31(40)39-19-26(30(20-39)44-21-23-9-13-24(35)14-10-23)33(42)37-28(7-4-5-17-36)32(41)34-38-27-6-2-3-8-29(27)45-34/h2-3,6,8-16,26,28,30H,4-5,7,17-21,36H2,1H3,(H,37,42)/t26-,28-,30-/m0/s1. The molecule has 1 aliphatic rings. The number of nitrogens with zero attached hydrogens (tertiary/aromatic N) is 2. The van der Waals surface area contributed by atoms with E-state index in [1.54, 1.807) is 54.5 Å². The number of carbonyl (C=O) groups excluding carboxylic acids is 3. The Morgan fingerprint density at radius 1 is 1.02 bits per heavy atom. The Bertz CT molecular complexity index is 1570. The molecule has 0 bridgehead atoms. The fourth-order valence-electron chi connectivity index (χ4n) is 5.38. The van der Waals surface area contributed by atoms with E-state index >= 15 is 0 Å². The molecule has 1 saturated heterocycles. The van der Waals surface area contributed by atoms with Gasteiger partial charge in [0.1, 0.15) is 11.3 Å². The molecule has 45 heavy (non-hydrogen) atoms. The number of nitrogens with two attached hydrogens (primary N) is 1. The third kappa shape index (κ3) is 8.27. The molecular weight excluding hydrogens is 596 g/mol. The van der Waals surface area contributed by atoms with E-state index in [0.717, 1.165) is 11.1 Å². The molecule has 3 N–H and O–H groups in total. The van der Waals surface area contributed by atoms with Gasteiger partial charge < -0.3 is 29.8 Å². The maximum absolute atomic E-state index is 13.9. The minimum atomic E-state index is -0.877. The summed E-state index contributed by atoms with van der Waals surface area (Å²) in [5, 5.41) is 3.55. The van der Waals surface area contributed by atoms with Crippen molar-refractivity contribution in [2.45, 2.75) is 44.4 Å². The Morgan fingerprint density at radius 3 is 2.47 bits per heavy atom. The number of oxazole rings is 1. The fourth-order valence-corrected chi connectivity index (χ4v) is 5.50. The first-order valence-electron chi connectivity index (χ1n) is 15.0. The lowest BCUT2D eigenvalue weighted by Crippen LogP contribution is -2.47. The second-order valence-electron chi connectivity index (χ2n) is 11.1. The van der Waals surface area contributed by atoms with Gasteiger partial charge in [0.2, 0.25) is 17.6 Å². The summed E-state index contributed by atoms with van der Waals surface area (Å²) in [5.74, 6) is -0.984. The van der Waals surface area contributed by atoms with E-state index < -0.39 is 23.8 Å². The van der Waals surface area contributed by atoms with Crippen LogP contribution in [0, 0.1) is 5.92 Å². The minimum Gasteiger partial charge on any atom is -0.497 e. The van der Waals surface area contributed by atoms with Crippen molar-refractivity contribution in [1.82, 2.24) is 15.2 Å². The first-order valence-corrected chi connectivity index (χ1v) is 15.4. The number of hydrogen-bond donors (Lipinski definition) is 2. The average molecular weight is 633 g/mol. The van der Waals surface area contributed by atoms with Crippen LogP contribution in [0.1, 0.15) is 41.1 Å². The number of benzene rings is 3. The van der Waals surface area contributed by atoms with Crippen LogP contribution >= 0.6 is 11.6 Å². The molecule has 1 aromatic heterocycles. The van der Waals surface area contributed by atoms with Crippen LogP contribution < -0.4 is 15.8 Å². The van der Waals surface area contributed by atoms with Gasteiger partial charge in [0.25, 0.3) is 5.89 Å². The summed E-state index contributed by atoms with van der Waals surface area (Å²) in [5.41, 5.74) is 8.47. The van der Waals surface area contributed by atoms with Gasteiger partial charge in [0.15, 0.2) is 5.58 Å². The zero-order valence-corrected chi connectivity index (χ0v) is 25.9. The number of rotatable bonds is 14. The SMILES string of the molecule is COc1ccc(CC(=O)N2C[C@H](OCc3ccc(Cl)cc3)[C@@H](C(=O)N[C@@H](CCCCN)C(=O)c3nc4ccccc4o3)C2)cc1. The monoisotopic (exact) mass is 632 g/mol. The number of unbranched alkanes of at least 4 members (excludes halogenated alkanes) is 1. The molecule has 5 rings (SSSR count). The predicted octanol–water partition coefficient (Wildman–Crippen LogP) is 4.57. The maximum atomic E-state index is 13.9. The van der Waals surface area contributed by atoms with E-state index in [1.807, 2.05) is 30.3 Å². The van der Waals surface area contributed by atoms with Gasteiger partial charge >= 0.3 is 0 Å². The molecule has 11 heteroatoms. The summed E-state index contributed by atoms with van der Waals surface area (Å²) in [6.07, 6.45) is 1.26. The number of nitrogens with one attached hydrogen (secondary N) is 1. The van der Waals surface area contributed by atoms with Crippen LogP contribution in [0.3, 0.4) is 0 Å². The number of likely N-dealkylation sites (tertiary alicyclic amines) is 1. The molecule has 4 aromatic rings. The smallest absolute Gasteiger partial charge is 0.266 e. The number of fused-ring (bicyclic) bond motifs is 1. The second kappa shape index (κ2) is 15.2. The summed E-state index contributed by atoms with van der Waals surface area (Å²) in [4.78, 5) is 46.8. The second-order valence-corrected chi connectivity index (χ2v) is 11.5. The fraction of sp³-hybridized carbons (Fsp3) is 0.353. The molecule has 1 fully saturated rings. The van der Waals surface area contributed by atoms with Gasteiger partial charge in [0, 0.05) is 18.1 Å². The van der Waals surface area contributed by atoms with Crippen molar-refractivity contribution in [1.29, 1.82) is 0 Å². The zero-order chi connectivity index (χ0) is 31.8. The number of Topliss-reactive ketones (excluding diaryl/α,β-unsaturated/α-hetero) is 1. The van der Waals surface area contributed by atoms with E-state index in [1.165, 1.54) is 0 Å². The summed E-state index contributed by atoms with van der Waals surface area (Å²) in [7, 11) is 1.59. The topological polar surface area (TPSA) is 137 Å². The number of aromatic nitrogens is 1. The normalized spacial score (nSPS) is 16.9. The quantitative estimate of drug-likeness (QED) is 0.152. The molecule has 0 unspecified atom stereocenters. The molecule has 1 aliphatic heterocycles. The van der Waals surface area contributed by atoms with Crippen molar-refractivity contribution in [3.63, 3.8) is 0 Å². The number of ether oxygens (including phenoxy) is 2. The van der Waals surface area contributed by atoms with E-state index in [2.05, 4.69) is 10.3 Å². The van der Waals surface area contributed by atoms with Crippen molar-refractivity contribution in [3.8, 4) is 5.75 Å². The number of ketones is 1. The molecule has 2 heterocycles. The zero-order valence-electron chi connectivity index (χ0n) is 25.1. The summed E-state index contributed by atoms with van der Waals surface area (Å²) < 4.78 is 17.2. The Morgan fingerprint density at radius 2 is 1.76 bits per heavy atom. The van der Waals surface area contributed by atoms with Crippen molar-refractivity contribution < 1.29 is 28.3 Å². The lowest BCUT2D eigenvalue weighted by atomic mass is 10.0. The highest BCUT2D eigenvalue weighted by molar-refractivity contribution is 6.30. The van der Waals surface area contributed by atoms with E-state index in [-0.39, 0.29) is 43.8 Å². The van der Waals surface area contributed by atoms with Crippen molar-refractivity contribution in [2.75, 3.05) is 26.7 Å². The van der Waals surface area contributed by atoms with Crippen molar-refractivity contribution >= 4 is 40.3 Å². The number of hydrogen-bond acceptors (Lipinski definition) is 8. The molecule has 10 nitrogen and oxygen atoms in total. The molecular formula is C34H37ClN4O6. The van der Waals surface area contributed by atoms with Gasteiger partial charge in [0.05, 0.1) is 38.2 Å². The molecule has 3 atom stereocenters. The molecule has 0 radical (unpaired) electrons. The van der Waals surface area contributed by atoms with Gasteiger partial charge in [-0.1, -0.05) is 48.0 Å². The number of para-hydroxylation sites is 2. The highest BCUT2D eigenvalue weighted by Gasteiger charge is 2.41. The third-order valence-electron chi connectivity index (χ3n) is 7.93. The largest absolute Gasteiger partial charge is 0.497 e. The Balaban J connectivity index is 1.32. The van der Waals surface area contributed by atoms with E-state index in [0.29, 0.717) is 47.7 Å². The third-order valence-corrected chi connectivity index (χ3v) is 8.18. The number of methoxy groups -OCH3 is 1. The molecule has 0 spiro atoms. The van der Waals surface area contributed by atoms with Crippen LogP contribution in [-0.2, 0) is 27.4 Å². The van der Waals surface area contributed by atoms with Crippen LogP contribution in [0.15, 0.2) is 77.2 Å². The van der Waals surface area contributed by atoms with E-state index in [9.17, 15) is 14.4 Å². The van der Waals surface area contributed by atoms with Gasteiger partial charge in [-0.05, 0) is 73.3 Å². The lowest BCUT2D eigenvalue weighted by Gasteiger charge is -2.22. The summed E-state index contributed by atoms with van der Waals surface area (Å²) >= 11 is 6.04. The Kier molecular flexibility index (Phi) is 10.8. The van der Waals surface area contributed by atoms with Crippen LogP contribution in [-0.4, -0.2) is 66.4 Å². The van der Waals surface area contributed by atoms with Gasteiger partial charge in [-0.3, -0.25) is 14.4 Å². The molecule has 0 saturated carbocycles. The van der Waals surface area contributed by atoms with Crippen LogP contribution in [0.25, 0.3) is 11.1 Å². The average Bonchev–Trinajstić information content (AvgIpc) is 3.69. The molecule has 2 amide bonds. The highest BCUT2D eigenvalue weighted by atomic mass is 35.5. The number of halogens is 1. The predicted molar refractivity (Wildman–Crippen MR) is 170 cm³/mol. The minimum absolute atomic E-state index is 0.0625. The lowest BCUT2D eigenvalue weighted by molar-refractivity contribution is -0.130. The van der Waals surface area contributed by atoms with Crippen LogP contribution in [0.4, 0.5) is 0 Å².